The summed E-state index contributed by atoms with van der Waals surface area (Å²) < 4.78 is 0. The third kappa shape index (κ3) is 5.27. The van der Waals surface area contributed by atoms with Crippen molar-refractivity contribution in [1.82, 2.24) is 10.6 Å². The standard InChI is InChI=1S/C17H27N3S/c1-13-6-4-7-15(10-13)14(2)11-19-17(18-3)20-16-8-5-9-21-12-16/h4,6-7,10,14,16H,5,8-9,11-12H2,1-3H3,(H2,18,19,20). The molecule has 116 valence electrons. The van der Waals surface area contributed by atoms with E-state index in [4.69, 9.17) is 0 Å². The minimum atomic E-state index is 0.476. The highest BCUT2D eigenvalue weighted by atomic mass is 32.2. The van der Waals surface area contributed by atoms with Gasteiger partial charge in [0.25, 0.3) is 0 Å². The molecule has 0 spiro atoms. The Morgan fingerprint density at radius 3 is 3.00 bits per heavy atom. The summed E-state index contributed by atoms with van der Waals surface area (Å²) >= 11 is 2.03. The second-order valence-corrected chi connectivity index (χ2v) is 6.98. The fraction of sp³-hybridized carbons (Fsp3) is 0.588. The summed E-state index contributed by atoms with van der Waals surface area (Å²) in [6.45, 7) is 5.30. The molecule has 0 aliphatic carbocycles. The second kappa shape index (κ2) is 8.32. The summed E-state index contributed by atoms with van der Waals surface area (Å²) in [7, 11) is 1.85. The average Bonchev–Trinajstić information content (AvgIpc) is 2.52. The number of thioether (sulfide) groups is 1. The van der Waals surface area contributed by atoms with Gasteiger partial charge in [0.15, 0.2) is 5.96 Å². The van der Waals surface area contributed by atoms with Crippen molar-refractivity contribution < 1.29 is 0 Å². The number of aryl methyl sites for hydroxylation is 1. The monoisotopic (exact) mass is 305 g/mol. The molecule has 2 atom stereocenters. The van der Waals surface area contributed by atoms with Gasteiger partial charge in [0.2, 0.25) is 0 Å². The van der Waals surface area contributed by atoms with Crippen LogP contribution in [0.1, 0.15) is 36.8 Å². The molecule has 1 heterocycles. The number of hydrogen-bond donors (Lipinski definition) is 2. The van der Waals surface area contributed by atoms with E-state index in [1.165, 1.54) is 35.5 Å². The van der Waals surface area contributed by atoms with E-state index in [0.29, 0.717) is 12.0 Å². The second-order valence-electron chi connectivity index (χ2n) is 5.83. The first-order valence-electron chi connectivity index (χ1n) is 7.80. The summed E-state index contributed by atoms with van der Waals surface area (Å²) in [5.74, 6) is 3.90. The molecule has 1 fully saturated rings. The number of guanidine groups is 1. The van der Waals surface area contributed by atoms with Gasteiger partial charge < -0.3 is 10.6 Å². The van der Waals surface area contributed by atoms with E-state index in [9.17, 15) is 0 Å². The first-order valence-corrected chi connectivity index (χ1v) is 8.96. The van der Waals surface area contributed by atoms with Crippen LogP contribution in [0.2, 0.25) is 0 Å². The summed E-state index contributed by atoms with van der Waals surface area (Å²) in [6, 6.07) is 9.30. The number of benzene rings is 1. The van der Waals surface area contributed by atoms with Crippen LogP contribution in [-0.2, 0) is 0 Å². The largest absolute Gasteiger partial charge is 0.356 e. The van der Waals surface area contributed by atoms with E-state index in [0.717, 1.165) is 12.5 Å². The Labute approximate surface area is 133 Å². The van der Waals surface area contributed by atoms with Gasteiger partial charge in [-0.2, -0.15) is 11.8 Å². The predicted octanol–water partition coefficient (Wildman–Crippen LogP) is 3.16. The number of nitrogens with one attached hydrogen (secondary N) is 2. The van der Waals surface area contributed by atoms with Gasteiger partial charge in [-0.25, -0.2) is 0 Å². The lowest BCUT2D eigenvalue weighted by molar-refractivity contribution is 0.577. The summed E-state index contributed by atoms with van der Waals surface area (Å²) in [6.07, 6.45) is 2.56. The Bertz CT molecular complexity index is 467. The van der Waals surface area contributed by atoms with Crippen molar-refractivity contribution in [2.45, 2.75) is 38.6 Å². The molecule has 1 aliphatic rings. The number of rotatable bonds is 4. The lowest BCUT2D eigenvalue weighted by Gasteiger charge is -2.25. The van der Waals surface area contributed by atoms with Crippen LogP contribution in [0, 0.1) is 6.92 Å². The Morgan fingerprint density at radius 2 is 2.33 bits per heavy atom. The molecule has 1 aromatic rings. The van der Waals surface area contributed by atoms with Crippen molar-refractivity contribution >= 4 is 17.7 Å². The zero-order valence-corrected chi connectivity index (χ0v) is 14.2. The van der Waals surface area contributed by atoms with Gasteiger partial charge in [-0.3, -0.25) is 4.99 Å². The lowest BCUT2D eigenvalue weighted by atomic mass is 9.99. The van der Waals surface area contributed by atoms with E-state index < -0.39 is 0 Å². The van der Waals surface area contributed by atoms with Crippen molar-refractivity contribution in [3.8, 4) is 0 Å². The number of nitrogens with zero attached hydrogens (tertiary/aromatic N) is 1. The SMILES string of the molecule is CN=C(NCC(C)c1cccc(C)c1)NC1CCCSC1. The van der Waals surface area contributed by atoms with Crippen molar-refractivity contribution in [3.63, 3.8) is 0 Å². The Kier molecular flexibility index (Phi) is 6.43. The minimum Gasteiger partial charge on any atom is -0.356 e. The zero-order chi connectivity index (χ0) is 15.1. The quantitative estimate of drug-likeness (QED) is 0.663. The van der Waals surface area contributed by atoms with Gasteiger partial charge in [-0.05, 0) is 37.0 Å². The molecule has 0 aromatic heterocycles. The first-order chi connectivity index (χ1) is 10.2. The first kappa shape index (κ1) is 16.2. The van der Waals surface area contributed by atoms with Gasteiger partial charge in [-0.1, -0.05) is 36.8 Å². The van der Waals surface area contributed by atoms with E-state index in [2.05, 4.69) is 53.7 Å². The molecule has 4 heteroatoms. The third-order valence-corrected chi connectivity index (χ3v) is 5.13. The van der Waals surface area contributed by atoms with Crippen LogP contribution in [0.3, 0.4) is 0 Å². The molecule has 0 radical (unpaired) electrons. The Balaban J connectivity index is 1.82. The van der Waals surface area contributed by atoms with Gasteiger partial charge in [0.05, 0.1) is 0 Å². The maximum absolute atomic E-state index is 4.35. The molecule has 2 rings (SSSR count). The topological polar surface area (TPSA) is 36.4 Å². The van der Waals surface area contributed by atoms with Gasteiger partial charge >= 0.3 is 0 Å². The number of hydrogen-bond acceptors (Lipinski definition) is 2. The van der Waals surface area contributed by atoms with Gasteiger partial charge in [-0.15, -0.1) is 0 Å². The summed E-state index contributed by atoms with van der Waals surface area (Å²) in [5, 5.41) is 7.01. The maximum Gasteiger partial charge on any atom is 0.191 e. The number of aliphatic imine (C=N–C) groups is 1. The van der Waals surface area contributed by atoms with Crippen molar-refractivity contribution in [2.75, 3.05) is 25.1 Å². The Hall–Kier alpha value is -1.16. The molecular weight excluding hydrogens is 278 g/mol. The van der Waals surface area contributed by atoms with Crippen LogP contribution in [0.25, 0.3) is 0 Å². The lowest BCUT2D eigenvalue weighted by Crippen LogP contribution is -2.46. The van der Waals surface area contributed by atoms with Crippen LogP contribution in [0.15, 0.2) is 29.3 Å². The third-order valence-electron chi connectivity index (χ3n) is 3.91. The van der Waals surface area contributed by atoms with Crippen LogP contribution < -0.4 is 10.6 Å². The molecule has 0 bridgehead atoms. The van der Waals surface area contributed by atoms with Crippen LogP contribution >= 0.6 is 11.8 Å². The highest BCUT2D eigenvalue weighted by molar-refractivity contribution is 7.99. The molecule has 1 aromatic carbocycles. The normalized spacial score (nSPS) is 20.9. The highest BCUT2D eigenvalue weighted by Crippen LogP contribution is 2.17. The fourth-order valence-corrected chi connectivity index (χ4v) is 3.66. The van der Waals surface area contributed by atoms with Gasteiger partial charge in [0, 0.05) is 25.4 Å². The zero-order valence-electron chi connectivity index (χ0n) is 13.4. The molecule has 2 N–H and O–H groups in total. The van der Waals surface area contributed by atoms with E-state index >= 15 is 0 Å². The minimum absolute atomic E-state index is 0.476. The van der Waals surface area contributed by atoms with Crippen molar-refractivity contribution in [2.24, 2.45) is 4.99 Å². The van der Waals surface area contributed by atoms with Crippen LogP contribution in [0.4, 0.5) is 0 Å². The Morgan fingerprint density at radius 1 is 1.48 bits per heavy atom. The van der Waals surface area contributed by atoms with E-state index in [1.54, 1.807) is 0 Å². The molecule has 1 saturated heterocycles. The summed E-state index contributed by atoms with van der Waals surface area (Å²) in [5.41, 5.74) is 2.70. The van der Waals surface area contributed by atoms with E-state index in [1.807, 2.05) is 18.8 Å². The van der Waals surface area contributed by atoms with Crippen LogP contribution in [-0.4, -0.2) is 37.1 Å². The average molecular weight is 305 g/mol. The molecule has 2 unspecified atom stereocenters. The van der Waals surface area contributed by atoms with E-state index in [-0.39, 0.29) is 0 Å². The predicted molar refractivity (Wildman–Crippen MR) is 94.4 cm³/mol. The molecule has 1 aliphatic heterocycles. The highest BCUT2D eigenvalue weighted by Gasteiger charge is 2.15. The van der Waals surface area contributed by atoms with Crippen LogP contribution in [0.5, 0.6) is 0 Å². The molecule has 0 amide bonds. The smallest absolute Gasteiger partial charge is 0.191 e. The van der Waals surface area contributed by atoms with Crippen molar-refractivity contribution in [3.05, 3.63) is 35.4 Å². The molecule has 21 heavy (non-hydrogen) atoms. The summed E-state index contributed by atoms with van der Waals surface area (Å²) in [4.78, 5) is 4.35. The maximum atomic E-state index is 4.35. The molecule has 3 nitrogen and oxygen atoms in total. The molecular formula is C17H27N3S. The van der Waals surface area contributed by atoms with Gasteiger partial charge in [0.1, 0.15) is 0 Å². The fourth-order valence-electron chi connectivity index (χ4n) is 2.59. The molecule has 0 saturated carbocycles. The van der Waals surface area contributed by atoms with Crippen molar-refractivity contribution in [1.29, 1.82) is 0 Å².